The van der Waals surface area contributed by atoms with Gasteiger partial charge in [0.2, 0.25) is 0 Å². The maximum absolute atomic E-state index is 2.49. The first-order valence-electron chi connectivity index (χ1n) is 3.19. The lowest BCUT2D eigenvalue weighted by Crippen LogP contribution is -1.86. The van der Waals surface area contributed by atoms with E-state index in [1.807, 2.05) is 0 Å². The molecule has 0 aromatic rings. The quantitative estimate of drug-likeness (QED) is 0.266. The molecule has 0 bridgehead atoms. The van der Waals surface area contributed by atoms with Gasteiger partial charge in [0.05, 0.1) is 9.52 Å². The first kappa shape index (κ1) is 6.15. The number of hydrogen-bond acceptors (Lipinski definition) is 0. The molecule has 2 heteroatoms. The second-order valence-corrected chi connectivity index (χ2v) is 3.35. The molecule has 0 aliphatic rings. The van der Waals surface area contributed by atoms with Crippen LogP contribution in [0.2, 0.25) is 19.4 Å². The van der Waals surface area contributed by atoms with Crippen LogP contribution >= 0.6 is 0 Å². The van der Waals surface area contributed by atoms with Crippen LogP contribution in [0.15, 0.2) is 0 Å². The summed E-state index contributed by atoms with van der Waals surface area (Å²) in [5, 5.41) is 0. The molecule has 0 radical (unpaired) electrons. The van der Waals surface area contributed by atoms with Crippen LogP contribution in [-0.4, -0.2) is 16.8 Å². The van der Waals surface area contributed by atoms with E-state index >= 15 is 0 Å². The first-order valence-corrected chi connectivity index (χ1v) is 5.61. The third-order valence-corrected chi connectivity index (χ3v) is 2.14. The highest BCUT2D eigenvalue weighted by Crippen LogP contribution is 1.80. The van der Waals surface area contributed by atoms with Crippen LogP contribution in [0.5, 0.6) is 0 Å². The van der Waals surface area contributed by atoms with Gasteiger partial charge in [-0.1, -0.05) is 6.55 Å². The average molecular weight is 100 g/mol. The summed E-state index contributed by atoms with van der Waals surface area (Å²) in [6.07, 6.45) is 2.49. The van der Waals surface area contributed by atoms with Crippen LogP contribution < -0.4 is 0 Å². The molecule has 0 atom stereocenters. The van der Waals surface area contributed by atoms with E-state index in [2.05, 4.69) is 19.7 Å². The predicted molar refractivity (Wildman–Crippen MR) is 37.9 cm³/mol. The molecule has 0 aliphatic carbocycles. The molecule has 0 N–H and O–H groups in total. The van der Waals surface area contributed by atoms with Gasteiger partial charge >= 0.3 is 0 Å². The SMILES string of the molecule is C[BH2-][CH+]C[SiH2]C. The summed E-state index contributed by atoms with van der Waals surface area (Å²) in [4.78, 5) is 0. The van der Waals surface area contributed by atoms with Crippen LogP contribution in [0.1, 0.15) is 0 Å². The Balaban J connectivity index is 2.34. The van der Waals surface area contributed by atoms with Gasteiger partial charge in [-0.15, -0.1) is 6.32 Å². The normalized spacial score (nSPS) is 10.3. The fourth-order valence-electron chi connectivity index (χ4n) is 0.577. The van der Waals surface area contributed by atoms with E-state index in [-0.39, 0.29) is 0 Å². The fourth-order valence-corrected chi connectivity index (χ4v) is 1.73. The molecule has 0 saturated carbocycles. The highest BCUT2D eigenvalue weighted by molar-refractivity contribution is 6.44. The van der Waals surface area contributed by atoms with Crippen molar-refractivity contribution < 1.29 is 0 Å². The summed E-state index contributed by atoms with van der Waals surface area (Å²) in [7, 11) is 0.787. The van der Waals surface area contributed by atoms with Gasteiger partial charge in [0.15, 0.2) is 7.28 Å². The van der Waals surface area contributed by atoms with Crippen molar-refractivity contribution in [1.29, 1.82) is 0 Å². The van der Waals surface area contributed by atoms with Gasteiger partial charge in [-0.3, -0.25) is 0 Å². The predicted octanol–water partition coefficient (Wildman–Crippen LogP) is 0.000290. The van der Waals surface area contributed by atoms with E-state index in [4.69, 9.17) is 0 Å². The lowest BCUT2D eigenvalue weighted by atomic mass is 9.79. The first-order chi connectivity index (χ1) is 2.91. The molecule has 36 valence electrons. The standard InChI is InChI=1S/C4H13BSi/c1-5-3-4-6-2/h3H,4-6H2,1-2H3. The fraction of sp³-hybridized carbons (Fsp3) is 0.750. The van der Waals surface area contributed by atoms with Crippen molar-refractivity contribution in [3.05, 3.63) is 6.32 Å². The van der Waals surface area contributed by atoms with Crippen molar-refractivity contribution in [1.82, 2.24) is 0 Å². The molecular weight excluding hydrogens is 86.9 g/mol. The zero-order valence-electron chi connectivity index (χ0n) is 4.99. The largest absolute Gasteiger partial charge is 0.165 e. The minimum atomic E-state index is 0.379. The van der Waals surface area contributed by atoms with Crippen molar-refractivity contribution in [2.24, 2.45) is 0 Å². The summed E-state index contributed by atoms with van der Waals surface area (Å²) < 4.78 is 0. The Hall–Kier alpha value is 0.152. The monoisotopic (exact) mass is 100 g/mol. The molecule has 0 saturated heterocycles. The Morgan fingerprint density at radius 1 is 1.83 bits per heavy atom. The van der Waals surface area contributed by atoms with E-state index in [0.717, 1.165) is 0 Å². The molecule has 0 aliphatic heterocycles. The molecule has 0 unspecified atom stereocenters. The van der Waals surface area contributed by atoms with Gasteiger partial charge in [-0.2, -0.15) is 6.82 Å². The van der Waals surface area contributed by atoms with Gasteiger partial charge in [0.25, 0.3) is 0 Å². The Labute approximate surface area is 43.4 Å². The van der Waals surface area contributed by atoms with E-state index in [1.54, 1.807) is 0 Å². The van der Waals surface area contributed by atoms with E-state index in [9.17, 15) is 0 Å². The molecule has 0 heterocycles. The minimum Gasteiger partial charge on any atom is -0.151 e. The van der Waals surface area contributed by atoms with Crippen molar-refractivity contribution in [2.75, 3.05) is 0 Å². The molecule has 0 aromatic heterocycles. The highest BCUT2D eigenvalue weighted by Gasteiger charge is 1.81. The van der Waals surface area contributed by atoms with Gasteiger partial charge < -0.3 is 0 Å². The van der Waals surface area contributed by atoms with Crippen molar-refractivity contribution in [3.63, 3.8) is 0 Å². The molecule has 6 heavy (non-hydrogen) atoms. The zero-order valence-corrected chi connectivity index (χ0v) is 6.41. The zero-order chi connectivity index (χ0) is 4.83. The second-order valence-electron chi connectivity index (χ2n) is 1.77. The minimum absolute atomic E-state index is 0.379. The lowest BCUT2D eigenvalue weighted by Gasteiger charge is -1.81. The van der Waals surface area contributed by atoms with Crippen LogP contribution in [0.4, 0.5) is 0 Å². The van der Waals surface area contributed by atoms with Gasteiger partial charge in [-0.05, 0) is 0 Å². The maximum atomic E-state index is 2.49. The van der Waals surface area contributed by atoms with E-state index < -0.39 is 0 Å². The summed E-state index contributed by atoms with van der Waals surface area (Å²) in [6, 6.07) is 1.48. The molecule has 0 fully saturated rings. The van der Waals surface area contributed by atoms with Gasteiger partial charge in [0, 0.05) is 6.04 Å². The van der Waals surface area contributed by atoms with Gasteiger partial charge in [-0.25, -0.2) is 0 Å². The highest BCUT2D eigenvalue weighted by atomic mass is 28.2. The summed E-state index contributed by atoms with van der Waals surface area (Å²) in [6.45, 7) is 4.68. The van der Waals surface area contributed by atoms with Crippen LogP contribution in [0.3, 0.4) is 0 Å². The summed E-state index contributed by atoms with van der Waals surface area (Å²) in [5.74, 6) is 0. The Morgan fingerprint density at radius 3 is 2.67 bits per heavy atom. The second kappa shape index (κ2) is 5.15. The Bertz CT molecular complexity index is 19.5. The topological polar surface area (TPSA) is 0 Å². The van der Waals surface area contributed by atoms with E-state index in [1.165, 1.54) is 6.04 Å². The third kappa shape index (κ3) is 4.15. The number of rotatable bonds is 3. The van der Waals surface area contributed by atoms with Crippen LogP contribution in [0, 0.1) is 6.32 Å². The molecule has 0 spiro atoms. The molecule has 0 amide bonds. The summed E-state index contributed by atoms with van der Waals surface area (Å²) in [5.41, 5.74) is 0. The molecule has 0 rings (SSSR count). The lowest BCUT2D eigenvalue weighted by molar-refractivity contribution is 1.62. The van der Waals surface area contributed by atoms with Crippen LogP contribution in [-0.2, 0) is 0 Å². The Kier molecular flexibility index (Phi) is 5.28. The number of hydrogen-bond donors (Lipinski definition) is 0. The Morgan fingerprint density at radius 2 is 2.50 bits per heavy atom. The molecule has 0 nitrogen and oxygen atoms in total. The van der Waals surface area contributed by atoms with Crippen molar-refractivity contribution in [2.45, 2.75) is 19.4 Å². The van der Waals surface area contributed by atoms with Crippen molar-refractivity contribution in [3.8, 4) is 0 Å². The smallest absolute Gasteiger partial charge is 0.151 e. The van der Waals surface area contributed by atoms with Crippen molar-refractivity contribution >= 4 is 16.8 Å². The third-order valence-electron chi connectivity index (χ3n) is 0.986. The maximum Gasteiger partial charge on any atom is 0.165 e. The van der Waals surface area contributed by atoms with Crippen LogP contribution in [0.25, 0.3) is 0 Å². The molecule has 0 aromatic carbocycles. The van der Waals surface area contributed by atoms with Gasteiger partial charge in [0.1, 0.15) is 0 Å². The van der Waals surface area contributed by atoms with E-state index in [0.29, 0.717) is 16.8 Å². The summed E-state index contributed by atoms with van der Waals surface area (Å²) >= 11 is 0. The molecular formula is C4H13BSi. The average Bonchev–Trinajstić information content (AvgIpc) is 1.61.